The molecule has 0 aliphatic carbocycles. The van der Waals surface area contributed by atoms with Crippen molar-refractivity contribution in [3.8, 4) is 11.5 Å². The first-order chi connectivity index (χ1) is 8.47. The van der Waals surface area contributed by atoms with E-state index < -0.39 is 5.97 Å². The number of benzene rings is 1. The predicted molar refractivity (Wildman–Crippen MR) is 65.3 cm³/mol. The van der Waals surface area contributed by atoms with Gasteiger partial charge in [-0.2, -0.15) is 0 Å². The first-order valence-electron chi connectivity index (χ1n) is 5.93. The van der Waals surface area contributed by atoms with Gasteiger partial charge >= 0.3 is 5.97 Å². The van der Waals surface area contributed by atoms with Crippen LogP contribution in [0.1, 0.15) is 12.5 Å². The van der Waals surface area contributed by atoms with Crippen molar-refractivity contribution in [2.45, 2.75) is 13.5 Å². The van der Waals surface area contributed by atoms with Crippen LogP contribution in [0.4, 0.5) is 0 Å². The van der Waals surface area contributed by atoms with Crippen molar-refractivity contribution in [1.29, 1.82) is 0 Å². The summed E-state index contributed by atoms with van der Waals surface area (Å²) in [7, 11) is 0. The van der Waals surface area contributed by atoms with E-state index in [1.165, 1.54) is 12.1 Å². The molecule has 1 unspecified atom stereocenters. The monoisotopic (exact) mass is 251 g/mol. The van der Waals surface area contributed by atoms with E-state index in [1.807, 2.05) is 0 Å². The Balaban J connectivity index is 1.86. The van der Waals surface area contributed by atoms with E-state index in [-0.39, 0.29) is 23.3 Å². The fourth-order valence-corrected chi connectivity index (χ4v) is 2.18. The fourth-order valence-electron chi connectivity index (χ4n) is 2.18. The molecular formula is C13H17NO4. The summed E-state index contributed by atoms with van der Waals surface area (Å²) in [6.07, 6.45) is 0. The molecule has 0 spiro atoms. The van der Waals surface area contributed by atoms with Crippen LogP contribution in [0.3, 0.4) is 0 Å². The minimum Gasteiger partial charge on any atom is -0.504 e. The molecule has 0 bridgehead atoms. The van der Waals surface area contributed by atoms with Crippen LogP contribution in [0, 0.1) is 11.8 Å². The molecule has 3 N–H and O–H groups in total. The van der Waals surface area contributed by atoms with Gasteiger partial charge in [-0.25, -0.2) is 0 Å². The summed E-state index contributed by atoms with van der Waals surface area (Å²) in [6.45, 7) is 3.91. The van der Waals surface area contributed by atoms with Gasteiger partial charge in [-0.15, -0.1) is 0 Å². The van der Waals surface area contributed by atoms with Crippen LogP contribution in [0.25, 0.3) is 0 Å². The van der Waals surface area contributed by atoms with Crippen molar-refractivity contribution in [3.63, 3.8) is 0 Å². The van der Waals surface area contributed by atoms with Gasteiger partial charge in [0.1, 0.15) is 0 Å². The van der Waals surface area contributed by atoms with Gasteiger partial charge < -0.3 is 15.3 Å². The van der Waals surface area contributed by atoms with E-state index in [9.17, 15) is 15.0 Å². The molecule has 5 heteroatoms. The maximum Gasteiger partial charge on any atom is 0.306 e. The topological polar surface area (TPSA) is 81.0 Å². The first kappa shape index (κ1) is 12.7. The Morgan fingerprint density at radius 2 is 2.06 bits per heavy atom. The van der Waals surface area contributed by atoms with Gasteiger partial charge in [0.05, 0.1) is 5.92 Å². The zero-order valence-corrected chi connectivity index (χ0v) is 10.2. The van der Waals surface area contributed by atoms with Crippen LogP contribution in [0.15, 0.2) is 18.2 Å². The zero-order chi connectivity index (χ0) is 13.3. The number of hydrogen-bond acceptors (Lipinski definition) is 4. The van der Waals surface area contributed by atoms with Crippen molar-refractivity contribution in [1.82, 2.24) is 4.90 Å². The van der Waals surface area contributed by atoms with Crippen molar-refractivity contribution in [2.75, 3.05) is 13.1 Å². The summed E-state index contributed by atoms with van der Waals surface area (Å²) in [5.74, 6) is -1.10. The molecular weight excluding hydrogens is 234 g/mol. The molecule has 1 aliphatic rings. The summed E-state index contributed by atoms with van der Waals surface area (Å²) in [5.41, 5.74) is 0.909. The lowest BCUT2D eigenvalue weighted by atomic mass is 9.87. The van der Waals surface area contributed by atoms with Crippen LogP contribution >= 0.6 is 0 Å². The number of hydrogen-bond donors (Lipinski definition) is 3. The lowest BCUT2D eigenvalue weighted by molar-refractivity contribution is -0.145. The molecule has 1 fully saturated rings. The third-order valence-electron chi connectivity index (χ3n) is 3.53. The van der Waals surface area contributed by atoms with E-state index in [4.69, 9.17) is 5.11 Å². The van der Waals surface area contributed by atoms with Gasteiger partial charge in [0.2, 0.25) is 0 Å². The van der Waals surface area contributed by atoms with E-state index in [0.29, 0.717) is 6.54 Å². The molecule has 98 valence electrons. The average Bonchev–Trinajstić information content (AvgIpc) is 2.26. The normalized spacial score (nSPS) is 18.3. The Bertz CT molecular complexity index is 454. The maximum absolute atomic E-state index is 10.8. The number of aliphatic carboxylic acids is 1. The number of carboxylic acid groups (broad SMARTS) is 1. The molecule has 5 nitrogen and oxygen atoms in total. The smallest absolute Gasteiger partial charge is 0.306 e. The summed E-state index contributed by atoms with van der Waals surface area (Å²) in [5, 5.41) is 27.4. The molecule has 0 radical (unpaired) electrons. The number of likely N-dealkylation sites (tertiary alicyclic amines) is 1. The van der Waals surface area contributed by atoms with E-state index in [2.05, 4.69) is 4.90 Å². The van der Waals surface area contributed by atoms with Crippen LogP contribution in [-0.2, 0) is 11.3 Å². The quantitative estimate of drug-likeness (QED) is 0.702. The van der Waals surface area contributed by atoms with Gasteiger partial charge in [-0.05, 0) is 23.6 Å². The first-order valence-corrected chi connectivity index (χ1v) is 5.93. The molecule has 1 atom stereocenters. The standard InChI is InChI=1S/C13H17NO4/c1-8(13(17)18)10-6-14(7-10)5-9-2-3-11(15)12(16)4-9/h2-4,8,10,15-16H,5-7H2,1H3,(H,17,18). The van der Waals surface area contributed by atoms with Crippen molar-refractivity contribution in [3.05, 3.63) is 23.8 Å². The second kappa shape index (κ2) is 4.86. The zero-order valence-electron chi connectivity index (χ0n) is 10.2. The third kappa shape index (κ3) is 2.56. The third-order valence-corrected chi connectivity index (χ3v) is 3.53. The highest BCUT2D eigenvalue weighted by Crippen LogP contribution is 2.29. The summed E-state index contributed by atoms with van der Waals surface area (Å²) in [4.78, 5) is 12.9. The van der Waals surface area contributed by atoms with E-state index in [0.717, 1.165) is 18.7 Å². The van der Waals surface area contributed by atoms with Crippen molar-refractivity contribution in [2.24, 2.45) is 11.8 Å². The minimum atomic E-state index is -0.748. The molecule has 0 saturated carbocycles. The number of rotatable bonds is 4. The Morgan fingerprint density at radius 1 is 1.39 bits per heavy atom. The van der Waals surface area contributed by atoms with E-state index >= 15 is 0 Å². The molecule has 18 heavy (non-hydrogen) atoms. The average molecular weight is 251 g/mol. The predicted octanol–water partition coefficient (Wildman–Crippen LogP) is 1.25. The highest BCUT2D eigenvalue weighted by molar-refractivity contribution is 5.70. The summed E-state index contributed by atoms with van der Waals surface area (Å²) in [6, 6.07) is 4.74. The second-order valence-electron chi connectivity index (χ2n) is 4.90. The van der Waals surface area contributed by atoms with Crippen LogP contribution in [0.5, 0.6) is 11.5 Å². The Hall–Kier alpha value is -1.75. The molecule has 1 heterocycles. The van der Waals surface area contributed by atoms with Crippen LogP contribution in [-0.4, -0.2) is 39.3 Å². The molecule has 1 saturated heterocycles. The molecule has 1 aromatic carbocycles. The second-order valence-corrected chi connectivity index (χ2v) is 4.90. The number of carboxylic acids is 1. The summed E-state index contributed by atoms with van der Waals surface area (Å²) < 4.78 is 0. The van der Waals surface area contributed by atoms with Crippen molar-refractivity contribution >= 4 is 5.97 Å². The number of phenolic OH excluding ortho intramolecular Hbond substituents is 2. The van der Waals surface area contributed by atoms with E-state index in [1.54, 1.807) is 13.0 Å². The molecule has 2 rings (SSSR count). The number of carbonyl (C=O) groups is 1. The number of nitrogens with zero attached hydrogens (tertiary/aromatic N) is 1. The highest BCUT2D eigenvalue weighted by Gasteiger charge is 2.34. The molecule has 0 aromatic heterocycles. The van der Waals surface area contributed by atoms with Gasteiger partial charge in [0, 0.05) is 19.6 Å². The highest BCUT2D eigenvalue weighted by atomic mass is 16.4. The Morgan fingerprint density at radius 3 is 2.61 bits per heavy atom. The Labute approximate surface area is 105 Å². The SMILES string of the molecule is CC(C(=O)O)C1CN(Cc2ccc(O)c(O)c2)C1. The number of aromatic hydroxyl groups is 2. The fraction of sp³-hybridized carbons (Fsp3) is 0.462. The molecule has 1 aromatic rings. The largest absolute Gasteiger partial charge is 0.504 e. The maximum atomic E-state index is 10.8. The van der Waals surface area contributed by atoms with Gasteiger partial charge in [-0.1, -0.05) is 13.0 Å². The lowest BCUT2D eigenvalue weighted by Crippen LogP contribution is -2.50. The Kier molecular flexibility index (Phi) is 3.43. The molecule has 1 aliphatic heterocycles. The van der Waals surface area contributed by atoms with Gasteiger partial charge in [-0.3, -0.25) is 9.69 Å². The van der Waals surface area contributed by atoms with Crippen LogP contribution in [0.2, 0.25) is 0 Å². The number of phenols is 2. The summed E-state index contributed by atoms with van der Waals surface area (Å²) >= 11 is 0. The van der Waals surface area contributed by atoms with Gasteiger partial charge in [0.15, 0.2) is 11.5 Å². The molecule has 0 amide bonds. The van der Waals surface area contributed by atoms with Crippen molar-refractivity contribution < 1.29 is 20.1 Å². The minimum absolute atomic E-state index is 0.122. The van der Waals surface area contributed by atoms with Crippen LogP contribution < -0.4 is 0 Å². The lowest BCUT2D eigenvalue weighted by Gasteiger charge is -2.41. The van der Waals surface area contributed by atoms with Gasteiger partial charge in [0.25, 0.3) is 0 Å².